The van der Waals surface area contributed by atoms with Crippen LogP contribution in [0.15, 0.2) is 218 Å². The van der Waals surface area contributed by atoms with Crippen molar-refractivity contribution in [2.45, 2.75) is 19.3 Å². The fraction of sp³-hybridized carbons (Fsp3) is 0.0526. The van der Waals surface area contributed by atoms with Crippen LogP contribution in [0.4, 0.5) is 17.1 Å². The van der Waals surface area contributed by atoms with Gasteiger partial charge in [-0.3, -0.25) is 0 Å². The van der Waals surface area contributed by atoms with Crippen LogP contribution in [0.2, 0.25) is 0 Å². The molecule has 10 aromatic rings. The molecule has 1 aliphatic carbocycles. The Labute approximate surface area is 345 Å². The third kappa shape index (κ3) is 5.87. The summed E-state index contributed by atoms with van der Waals surface area (Å²) < 4.78 is 2.40. The Kier molecular flexibility index (Phi) is 8.20. The Balaban J connectivity index is 1.02. The summed E-state index contributed by atoms with van der Waals surface area (Å²) in [4.78, 5) is 2.42. The van der Waals surface area contributed by atoms with Crippen molar-refractivity contribution in [1.29, 1.82) is 0 Å². The number of nitrogens with zero attached hydrogens (tertiary/aromatic N) is 2. The lowest BCUT2D eigenvalue weighted by atomic mass is 9.82. The molecule has 0 fully saturated rings. The summed E-state index contributed by atoms with van der Waals surface area (Å²) in [5, 5.41) is 2.49. The maximum Gasteiger partial charge on any atom is 0.0541 e. The van der Waals surface area contributed by atoms with Crippen molar-refractivity contribution in [3.8, 4) is 50.2 Å². The largest absolute Gasteiger partial charge is 0.310 e. The highest BCUT2D eigenvalue weighted by Crippen LogP contribution is 2.51. The SMILES string of the molecule is CC1(C)c2ccccc2-c2ccc(N(c3ccc(-c4ccccc4)cc3)c3cccc(-c4ccc5c(c4)c4ccccc4n5-c4ccc(-c5ccccc5)cc4)c3)cc21. The number of benzene rings is 9. The van der Waals surface area contributed by atoms with Crippen LogP contribution in [0.25, 0.3) is 72.0 Å². The lowest BCUT2D eigenvalue weighted by Gasteiger charge is -2.28. The first-order valence-corrected chi connectivity index (χ1v) is 20.5. The molecule has 0 unspecified atom stereocenters. The van der Waals surface area contributed by atoms with E-state index in [1.165, 1.54) is 77.4 Å². The standard InChI is InChI=1S/C57H42N2/c1-57(2)53-22-11-9-20-49(53)50-34-33-48(38-54(50)57)58(45-29-24-41(25-30-45)39-14-5-3-6-15-39)47-19-13-18-43(36-47)44-28-35-56-52(37-44)51-21-10-12-23-55(51)59(56)46-31-26-42(27-32-46)40-16-7-4-8-17-40/h3-38H,1-2H3. The highest BCUT2D eigenvalue weighted by atomic mass is 15.1. The third-order valence-corrected chi connectivity index (χ3v) is 12.4. The van der Waals surface area contributed by atoms with Gasteiger partial charge in [-0.05, 0) is 122 Å². The van der Waals surface area contributed by atoms with Crippen LogP contribution in [0.1, 0.15) is 25.0 Å². The molecule has 11 rings (SSSR count). The Morgan fingerprint density at radius 3 is 1.61 bits per heavy atom. The van der Waals surface area contributed by atoms with Gasteiger partial charge in [0.2, 0.25) is 0 Å². The van der Waals surface area contributed by atoms with E-state index in [0.29, 0.717) is 0 Å². The van der Waals surface area contributed by atoms with E-state index in [2.05, 4.69) is 242 Å². The van der Waals surface area contributed by atoms with Crippen molar-refractivity contribution >= 4 is 38.9 Å². The summed E-state index contributed by atoms with van der Waals surface area (Å²) in [6, 6.07) is 79.8. The molecule has 0 N–H and O–H groups in total. The van der Waals surface area contributed by atoms with E-state index in [0.717, 1.165) is 22.7 Å². The van der Waals surface area contributed by atoms with Crippen molar-refractivity contribution in [3.05, 3.63) is 230 Å². The monoisotopic (exact) mass is 754 g/mol. The van der Waals surface area contributed by atoms with Crippen molar-refractivity contribution in [2.75, 3.05) is 4.90 Å². The van der Waals surface area contributed by atoms with E-state index in [1.54, 1.807) is 0 Å². The summed E-state index contributed by atoms with van der Waals surface area (Å²) in [6.07, 6.45) is 0. The minimum atomic E-state index is -0.106. The van der Waals surface area contributed by atoms with Crippen LogP contribution in [-0.4, -0.2) is 4.57 Å². The zero-order valence-corrected chi connectivity index (χ0v) is 33.2. The minimum absolute atomic E-state index is 0.106. The van der Waals surface area contributed by atoms with Crippen LogP contribution in [0, 0.1) is 0 Å². The number of anilines is 3. The molecule has 0 amide bonds. The lowest BCUT2D eigenvalue weighted by molar-refractivity contribution is 0.660. The fourth-order valence-electron chi connectivity index (χ4n) is 9.40. The third-order valence-electron chi connectivity index (χ3n) is 12.4. The molecule has 0 spiro atoms. The van der Waals surface area contributed by atoms with Crippen LogP contribution in [0.3, 0.4) is 0 Å². The maximum absolute atomic E-state index is 2.42. The van der Waals surface area contributed by atoms with Crippen LogP contribution < -0.4 is 4.90 Å². The van der Waals surface area contributed by atoms with Gasteiger partial charge in [0.15, 0.2) is 0 Å². The fourth-order valence-corrected chi connectivity index (χ4v) is 9.40. The topological polar surface area (TPSA) is 8.17 Å². The highest BCUT2D eigenvalue weighted by molar-refractivity contribution is 6.10. The Hall–Kier alpha value is -7.42. The van der Waals surface area contributed by atoms with Crippen molar-refractivity contribution in [2.24, 2.45) is 0 Å². The second kappa shape index (κ2) is 13.9. The molecule has 9 aromatic carbocycles. The predicted octanol–water partition coefficient (Wildman–Crippen LogP) is 15.6. The lowest BCUT2D eigenvalue weighted by Crippen LogP contribution is -2.16. The van der Waals surface area contributed by atoms with Gasteiger partial charge in [0, 0.05) is 38.9 Å². The number of para-hydroxylation sites is 1. The van der Waals surface area contributed by atoms with Crippen LogP contribution >= 0.6 is 0 Å². The smallest absolute Gasteiger partial charge is 0.0541 e. The number of fused-ring (bicyclic) bond motifs is 6. The molecule has 2 nitrogen and oxygen atoms in total. The van der Waals surface area contributed by atoms with E-state index in [9.17, 15) is 0 Å². The summed E-state index contributed by atoms with van der Waals surface area (Å²) in [5.41, 5.74) is 19.4. The number of hydrogen-bond acceptors (Lipinski definition) is 1. The zero-order chi connectivity index (χ0) is 39.5. The molecule has 2 heteroatoms. The van der Waals surface area contributed by atoms with Gasteiger partial charge in [0.25, 0.3) is 0 Å². The number of aromatic nitrogens is 1. The summed E-state index contributed by atoms with van der Waals surface area (Å²) in [7, 11) is 0. The molecule has 0 bridgehead atoms. The summed E-state index contributed by atoms with van der Waals surface area (Å²) in [5.74, 6) is 0. The average Bonchev–Trinajstić information content (AvgIpc) is 3.75. The zero-order valence-electron chi connectivity index (χ0n) is 33.2. The molecule has 1 aliphatic rings. The second-order valence-corrected chi connectivity index (χ2v) is 16.2. The Morgan fingerprint density at radius 2 is 0.864 bits per heavy atom. The molecular formula is C57H42N2. The highest BCUT2D eigenvalue weighted by Gasteiger charge is 2.35. The molecule has 0 saturated carbocycles. The average molecular weight is 755 g/mol. The van der Waals surface area contributed by atoms with E-state index < -0.39 is 0 Å². The molecule has 0 radical (unpaired) electrons. The van der Waals surface area contributed by atoms with Gasteiger partial charge in [-0.25, -0.2) is 0 Å². The normalized spacial score (nSPS) is 12.7. The number of hydrogen-bond donors (Lipinski definition) is 0. The molecule has 280 valence electrons. The van der Waals surface area contributed by atoms with Gasteiger partial charge in [0.1, 0.15) is 0 Å². The van der Waals surface area contributed by atoms with Gasteiger partial charge in [-0.15, -0.1) is 0 Å². The molecular weight excluding hydrogens is 713 g/mol. The molecule has 0 saturated heterocycles. The molecule has 1 heterocycles. The second-order valence-electron chi connectivity index (χ2n) is 16.2. The Morgan fingerprint density at radius 1 is 0.339 bits per heavy atom. The van der Waals surface area contributed by atoms with E-state index in [1.807, 2.05) is 0 Å². The van der Waals surface area contributed by atoms with Gasteiger partial charge in [-0.1, -0.05) is 166 Å². The Bertz CT molecular complexity index is 3150. The number of rotatable bonds is 7. The van der Waals surface area contributed by atoms with E-state index in [-0.39, 0.29) is 5.41 Å². The van der Waals surface area contributed by atoms with Gasteiger partial charge in [0.05, 0.1) is 11.0 Å². The van der Waals surface area contributed by atoms with Gasteiger partial charge in [-0.2, -0.15) is 0 Å². The van der Waals surface area contributed by atoms with Gasteiger partial charge >= 0.3 is 0 Å². The molecule has 0 atom stereocenters. The van der Waals surface area contributed by atoms with Crippen molar-refractivity contribution in [3.63, 3.8) is 0 Å². The first-order valence-electron chi connectivity index (χ1n) is 20.5. The van der Waals surface area contributed by atoms with Gasteiger partial charge < -0.3 is 9.47 Å². The van der Waals surface area contributed by atoms with Crippen LogP contribution in [0.5, 0.6) is 0 Å². The quantitative estimate of drug-likeness (QED) is 0.157. The van der Waals surface area contributed by atoms with Crippen molar-refractivity contribution < 1.29 is 0 Å². The van der Waals surface area contributed by atoms with Crippen molar-refractivity contribution in [1.82, 2.24) is 4.57 Å². The summed E-state index contributed by atoms with van der Waals surface area (Å²) in [6.45, 7) is 4.71. The minimum Gasteiger partial charge on any atom is -0.310 e. The molecule has 59 heavy (non-hydrogen) atoms. The first kappa shape index (κ1) is 34.8. The van der Waals surface area contributed by atoms with Crippen LogP contribution in [-0.2, 0) is 5.41 Å². The summed E-state index contributed by atoms with van der Waals surface area (Å²) >= 11 is 0. The first-order chi connectivity index (χ1) is 29.0. The molecule has 1 aromatic heterocycles. The maximum atomic E-state index is 2.42. The predicted molar refractivity (Wildman–Crippen MR) is 249 cm³/mol. The van der Waals surface area contributed by atoms with E-state index >= 15 is 0 Å². The van der Waals surface area contributed by atoms with E-state index in [4.69, 9.17) is 0 Å². The molecule has 0 aliphatic heterocycles.